The first kappa shape index (κ1) is 44.2. The van der Waals surface area contributed by atoms with Gasteiger partial charge in [-0.15, -0.1) is 0 Å². The molecule has 1 aliphatic rings. The lowest BCUT2D eigenvalue weighted by atomic mass is 9.99. The summed E-state index contributed by atoms with van der Waals surface area (Å²) in [6, 6.07) is -0.826. The average Bonchev–Trinajstić information content (AvgIpc) is 3.08. The van der Waals surface area contributed by atoms with Crippen LogP contribution in [0.15, 0.2) is 48.6 Å². The van der Waals surface area contributed by atoms with Crippen LogP contribution in [-0.2, 0) is 14.3 Å². The summed E-state index contributed by atoms with van der Waals surface area (Å²) in [6.45, 7) is 3.64. The molecule has 1 fully saturated rings. The van der Waals surface area contributed by atoms with E-state index in [2.05, 4.69) is 55.6 Å². The lowest BCUT2D eigenvalue weighted by molar-refractivity contribution is -0.302. The molecule has 0 aliphatic carbocycles. The number of hydrogen-bond donors (Lipinski definition) is 6. The van der Waals surface area contributed by atoms with E-state index >= 15 is 0 Å². The van der Waals surface area contributed by atoms with Crippen molar-refractivity contribution in [1.29, 1.82) is 0 Å². The molecule has 1 amide bonds. The molecule has 0 aromatic heterocycles. The molecule has 0 spiro atoms. The number of nitrogens with one attached hydrogen (secondary N) is 1. The van der Waals surface area contributed by atoms with Gasteiger partial charge in [0.25, 0.3) is 0 Å². The van der Waals surface area contributed by atoms with Crippen molar-refractivity contribution < 1.29 is 39.8 Å². The van der Waals surface area contributed by atoms with Gasteiger partial charge in [0.2, 0.25) is 5.91 Å². The fourth-order valence-corrected chi connectivity index (χ4v) is 5.49. The Kier molecular flexibility index (Phi) is 27.6. The number of aliphatic hydroxyl groups excluding tert-OH is 5. The topological polar surface area (TPSA) is 149 Å². The Bertz CT molecular complexity index is 889. The highest BCUT2D eigenvalue weighted by Gasteiger charge is 2.44. The fourth-order valence-electron chi connectivity index (χ4n) is 5.49. The highest BCUT2D eigenvalue weighted by Crippen LogP contribution is 2.22. The van der Waals surface area contributed by atoms with Crippen LogP contribution in [0.1, 0.15) is 136 Å². The van der Waals surface area contributed by atoms with E-state index in [1.807, 2.05) is 6.08 Å². The van der Waals surface area contributed by atoms with Crippen LogP contribution in [-0.4, -0.2) is 87.5 Å². The summed E-state index contributed by atoms with van der Waals surface area (Å²) in [5.41, 5.74) is 0. The van der Waals surface area contributed by atoms with Crippen molar-refractivity contribution >= 4 is 5.91 Å². The van der Waals surface area contributed by atoms with E-state index in [0.717, 1.165) is 64.2 Å². The molecular weight excluding hydrogens is 610 g/mol. The zero-order chi connectivity index (χ0) is 35.2. The second kappa shape index (κ2) is 30.0. The van der Waals surface area contributed by atoms with Gasteiger partial charge in [0.1, 0.15) is 24.4 Å². The van der Waals surface area contributed by atoms with Gasteiger partial charge in [-0.3, -0.25) is 4.79 Å². The van der Waals surface area contributed by atoms with Crippen LogP contribution in [0.25, 0.3) is 0 Å². The van der Waals surface area contributed by atoms with Gasteiger partial charge in [0, 0.05) is 6.42 Å². The number of carbonyl (C=O) groups excluding carboxylic acids is 1. The highest BCUT2D eigenvalue weighted by molar-refractivity contribution is 5.76. The maximum atomic E-state index is 12.8. The quantitative estimate of drug-likeness (QED) is 0.0397. The van der Waals surface area contributed by atoms with Gasteiger partial charge in [-0.25, -0.2) is 0 Å². The van der Waals surface area contributed by atoms with Crippen molar-refractivity contribution in [2.24, 2.45) is 0 Å². The summed E-state index contributed by atoms with van der Waals surface area (Å²) in [4.78, 5) is 12.8. The van der Waals surface area contributed by atoms with E-state index in [9.17, 15) is 30.3 Å². The van der Waals surface area contributed by atoms with Crippen LogP contribution >= 0.6 is 0 Å². The van der Waals surface area contributed by atoms with Gasteiger partial charge < -0.3 is 40.3 Å². The molecule has 2 unspecified atom stereocenters. The highest BCUT2D eigenvalue weighted by atomic mass is 16.7. The molecule has 0 radical (unpaired) electrons. The molecule has 7 atom stereocenters. The van der Waals surface area contributed by atoms with Crippen molar-refractivity contribution in [3.8, 4) is 0 Å². The molecule has 278 valence electrons. The molecule has 1 heterocycles. The van der Waals surface area contributed by atoms with Crippen molar-refractivity contribution in [3.63, 3.8) is 0 Å². The van der Waals surface area contributed by atoms with E-state index < -0.39 is 49.5 Å². The largest absolute Gasteiger partial charge is 0.394 e. The van der Waals surface area contributed by atoms with Gasteiger partial charge >= 0.3 is 0 Å². The Morgan fingerprint density at radius 3 is 1.92 bits per heavy atom. The first-order chi connectivity index (χ1) is 23.3. The SMILES string of the molecule is CCCCC/C=C/C/C=C/CCCCCCCC(=O)N[C@@H](CO[C@H]1O[C@@H](CO)[C@H](O)C(O)C1O)[C@H](O)/C=C/CC/C=C/CCCCCC. The number of carbonyl (C=O) groups is 1. The zero-order valence-electron chi connectivity index (χ0n) is 30.0. The fraction of sp³-hybridized carbons (Fsp3) is 0.769. The van der Waals surface area contributed by atoms with E-state index in [0.29, 0.717) is 6.42 Å². The Morgan fingerprint density at radius 2 is 1.25 bits per heavy atom. The predicted molar refractivity (Wildman–Crippen MR) is 193 cm³/mol. The number of aliphatic hydroxyl groups is 5. The molecule has 1 rings (SSSR count). The average molecular weight is 680 g/mol. The molecular formula is C39H69NO8. The summed E-state index contributed by atoms with van der Waals surface area (Å²) in [7, 11) is 0. The zero-order valence-corrected chi connectivity index (χ0v) is 30.0. The van der Waals surface area contributed by atoms with Gasteiger partial charge in [0.15, 0.2) is 6.29 Å². The Balaban J connectivity index is 2.49. The first-order valence-electron chi connectivity index (χ1n) is 18.9. The minimum absolute atomic E-state index is 0.207. The maximum absolute atomic E-state index is 12.8. The van der Waals surface area contributed by atoms with E-state index in [1.54, 1.807) is 6.08 Å². The summed E-state index contributed by atoms with van der Waals surface area (Å²) < 4.78 is 11.1. The number of amides is 1. The molecule has 48 heavy (non-hydrogen) atoms. The second-order valence-corrected chi connectivity index (χ2v) is 13.0. The molecule has 0 aromatic carbocycles. The first-order valence-corrected chi connectivity index (χ1v) is 18.9. The van der Waals surface area contributed by atoms with Crippen molar-refractivity contribution in [3.05, 3.63) is 48.6 Å². The van der Waals surface area contributed by atoms with Crippen molar-refractivity contribution in [2.45, 2.75) is 179 Å². The molecule has 9 nitrogen and oxygen atoms in total. The minimum Gasteiger partial charge on any atom is -0.394 e. The Hall–Kier alpha value is -1.85. The molecule has 6 N–H and O–H groups in total. The van der Waals surface area contributed by atoms with Crippen LogP contribution in [0, 0.1) is 0 Å². The Labute approximate surface area is 291 Å². The molecule has 1 saturated heterocycles. The van der Waals surface area contributed by atoms with Crippen molar-refractivity contribution in [2.75, 3.05) is 13.2 Å². The van der Waals surface area contributed by atoms with Gasteiger partial charge in [-0.1, -0.05) is 114 Å². The van der Waals surface area contributed by atoms with Gasteiger partial charge in [-0.05, 0) is 64.2 Å². The third-order valence-corrected chi connectivity index (χ3v) is 8.63. The third-order valence-electron chi connectivity index (χ3n) is 8.63. The lowest BCUT2D eigenvalue weighted by Gasteiger charge is -2.40. The lowest BCUT2D eigenvalue weighted by Crippen LogP contribution is -2.60. The van der Waals surface area contributed by atoms with E-state index in [4.69, 9.17) is 9.47 Å². The number of hydrogen-bond acceptors (Lipinski definition) is 8. The van der Waals surface area contributed by atoms with E-state index in [-0.39, 0.29) is 12.5 Å². The molecule has 0 saturated carbocycles. The normalized spacial score (nSPS) is 23.2. The van der Waals surface area contributed by atoms with E-state index in [1.165, 1.54) is 51.4 Å². The van der Waals surface area contributed by atoms with Crippen LogP contribution in [0.2, 0.25) is 0 Å². The maximum Gasteiger partial charge on any atom is 0.220 e. The second-order valence-electron chi connectivity index (χ2n) is 13.0. The summed E-state index contributed by atoms with van der Waals surface area (Å²) in [6.07, 6.45) is 28.7. The van der Waals surface area contributed by atoms with Crippen molar-refractivity contribution in [1.82, 2.24) is 5.32 Å². The smallest absolute Gasteiger partial charge is 0.220 e. The van der Waals surface area contributed by atoms with Crippen LogP contribution < -0.4 is 5.32 Å². The minimum atomic E-state index is -1.57. The number of allylic oxidation sites excluding steroid dienone is 7. The van der Waals surface area contributed by atoms with Crippen LogP contribution in [0.5, 0.6) is 0 Å². The van der Waals surface area contributed by atoms with Crippen LogP contribution in [0.4, 0.5) is 0 Å². The summed E-state index contributed by atoms with van der Waals surface area (Å²) in [5.74, 6) is -0.207. The summed E-state index contributed by atoms with van der Waals surface area (Å²) in [5, 5.41) is 53.7. The van der Waals surface area contributed by atoms with Gasteiger partial charge in [-0.2, -0.15) is 0 Å². The molecule has 1 aliphatic heterocycles. The number of unbranched alkanes of at least 4 members (excludes halogenated alkanes) is 13. The Morgan fingerprint density at radius 1 is 0.708 bits per heavy atom. The summed E-state index contributed by atoms with van der Waals surface area (Å²) >= 11 is 0. The van der Waals surface area contributed by atoms with Gasteiger partial charge in [0.05, 0.1) is 25.4 Å². The standard InChI is InChI=1S/C39H69NO8/c1-3-5-7-9-11-13-15-16-17-18-19-21-23-25-27-29-35(43)40-32(31-47-39-38(46)37(45)36(44)34(30-41)48-39)33(42)28-26-24-22-20-14-12-10-8-6-4-2/h11,13-14,16-17,20,26,28,32-34,36-39,41-42,44-46H,3-10,12,15,18-19,21-25,27,29-31H2,1-2H3,(H,40,43)/b13-11+,17-16+,20-14+,28-26+/t32-,33+,34-,36-,37?,38?,39-/m0/s1. The monoisotopic (exact) mass is 680 g/mol. The van der Waals surface area contributed by atoms with Crippen LogP contribution in [0.3, 0.4) is 0 Å². The third kappa shape index (κ3) is 21.3. The number of rotatable bonds is 29. The number of ether oxygens (including phenoxy) is 2. The molecule has 9 heteroatoms. The predicted octanol–water partition coefficient (Wildman–Crippen LogP) is 6.33. The molecule has 0 aromatic rings. The molecule has 0 bridgehead atoms.